The minimum atomic E-state index is -0.490. The number of rotatable bonds is 6. The van der Waals surface area contributed by atoms with Crippen molar-refractivity contribution in [1.82, 2.24) is 5.32 Å². The Morgan fingerprint density at radius 3 is 2.75 bits per heavy atom. The second kappa shape index (κ2) is 5.90. The molecule has 0 bridgehead atoms. The van der Waals surface area contributed by atoms with Gasteiger partial charge in [0.25, 0.3) is 11.6 Å². The molecular formula is C14H19N3O3. The highest BCUT2D eigenvalue weighted by Gasteiger charge is 2.25. The van der Waals surface area contributed by atoms with Crippen LogP contribution in [0.25, 0.3) is 0 Å². The van der Waals surface area contributed by atoms with Gasteiger partial charge in [0.2, 0.25) is 0 Å². The molecule has 1 aromatic rings. The monoisotopic (exact) mass is 277 g/mol. The fraction of sp³-hybridized carbons (Fsp3) is 0.500. The minimum absolute atomic E-state index is 0.0880. The second-order valence-electron chi connectivity index (χ2n) is 5.29. The zero-order valence-electron chi connectivity index (χ0n) is 11.7. The van der Waals surface area contributed by atoms with Crippen molar-refractivity contribution in [3.05, 3.63) is 33.9 Å². The number of hydrogen-bond donors (Lipinski definition) is 2. The molecule has 0 aliphatic heterocycles. The van der Waals surface area contributed by atoms with Crippen molar-refractivity contribution >= 4 is 17.3 Å². The molecule has 6 heteroatoms. The van der Waals surface area contributed by atoms with Gasteiger partial charge in [0.05, 0.1) is 4.92 Å². The molecule has 0 radical (unpaired) electrons. The van der Waals surface area contributed by atoms with Gasteiger partial charge in [-0.3, -0.25) is 14.9 Å². The van der Waals surface area contributed by atoms with Crippen molar-refractivity contribution in [2.75, 3.05) is 12.4 Å². The quantitative estimate of drug-likeness (QED) is 0.618. The molecule has 0 heterocycles. The normalized spacial score (nSPS) is 15.5. The van der Waals surface area contributed by atoms with Gasteiger partial charge in [-0.15, -0.1) is 0 Å². The van der Waals surface area contributed by atoms with Crippen LogP contribution in [0.4, 0.5) is 11.4 Å². The fourth-order valence-corrected chi connectivity index (χ4v) is 2.25. The lowest BCUT2D eigenvalue weighted by atomic mass is 10.1. The zero-order valence-corrected chi connectivity index (χ0v) is 11.7. The van der Waals surface area contributed by atoms with Crippen LogP contribution >= 0.6 is 0 Å². The van der Waals surface area contributed by atoms with Gasteiger partial charge in [0, 0.05) is 24.7 Å². The first kappa shape index (κ1) is 14.3. The van der Waals surface area contributed by atoms with Crippen LogP contribution in [0.3, 0.4) is 0 Å². The summed E-state index contributed by atoms with van der Waals surface area (Å²) in [6.07, 6.45) is 3.45. The Labute approximate surface area is 117 Å². The predicted octanol–water partition coefficient (Wildman–Crippen LogP) is 2.55. The molecule has 1 saturated carbocycles. The summed E-state index contributed by atoms with van der Waals surface area (Å²) in [5.74, 6) is 0.468. The maximum atomic E-state index is 12.1. The van der Waals surface area contributed by atoms with Crippen molar-refractivity contribution in [2.24, 2.45) is 5.92 Å². The number of anilines is 1. The van der Waals surface area contributed by atoms with Gasteiger partial charge in [-0.1, -0.05) is 12.8 Å². The molecule has 1 aromatic carbocycles. The number of hydrogen-bond acceptors (Lipinski definition) is 4. The highest BCUT2D eigenvalue weighted by molar-refractivity contribution is 5.95. The Hall–Kier alpha value is -2.11. The molecule has 1 fully saturated rings. The molecular weight excluding hydrogens is 258 g/mol. The summed E-state index contributed by atoms with van der Waals surface area (Å²) < 4.78 is 0. The molecule has 2 rings (SSSR count). The van der Waals surface area contributed by atoms with E-state index in [1.54, 1.807) is 19.2 Å². The van der Waals surface area contributed by atoms with Crippen LogP contribution in [0.2, 0.25) is 0 Å². The predicted molar refractivity (Wildman–Crippen MR) is 76.9 cm³/mol. The number of benzene rings is 1. The number of nitrogens with zero attached hydrogens (tertiary/aromatic N) is 1. The summed E-state index contributed by atoms with van der Waals surface area (Å²) in [6, 6.07) is 4.56. The molecule has 1 atom stereocenters. The lowest BCUT2D eigenvalue weighted by molar-refractivity contribution is -0.384. The van der Waals surface area contributed by atoms with Crippen molar-refractivity contribution in [2.45, 2.75) is 32.2 Å². The summed E-state index contributed by atoms with van der Waals surface area (Å²) in [4.78, 5) is 22.6. The first-order valence-corrected chi connectivity index (χ1v) is 6.78. The fourth-order valence-electron chi connectivity index (χ4n) is 2.25. The SMILES string of the molecule is CNc1ccc(C(=O)NC(C)CC2CC2)cc1[N+](=O)[O-]. The van der Waals surface area contributed by atoms with E-state index in [2.05, 4.69) is 10.6 Å². The molecule has 108 valence electrons. The number of carbonyl (C=O) groups is 1. The molecule has 1 unspecified atom stereocenters. The van der Waals surface area contributed by atoms with E-state index in [9.17, 15) is 14.9 Å². The lowest BCUT2D eigenvalue weighted by Crippen LogP contribution is -2.32. The van der Waals surface area contributed by atoms with Crippen molar-refractivity contribution < 1.29 is 9.72 Å². The first-order chi connectivity index (χ1) is 9.51. The Morgan fingerprint density at radius 2 is 2.20 bits per heavy atom. The highest BCUT2D eigenvalue weighted by atomic mass is 16.6. The molecule has 1 aliphatic carbocycles. The van der Waals surface area contributed by atoms with Crippen LogP contribution in [0.5, 0.6) is 0 Å². The van der Waals surface area contributed by atoms with Crippen LogP contribution in [0, 0.1) is 16.0 Å². The standard InChI is InChI=1S/C14H19N3O3/c1-9(7-10-3-4-10)16-14(18)11-5-6-12(15-2)13(8-11)17(19)20/h5-6,8-10,15H,3-4,7H2,1-2H3,(H,16,18). The lowest BCUT2D eigenvalue weighted by Gasteiger charge is -2.13. The maximum absolute atomic E-state index is 12.1. The van der Waals surface area contributed by atoms with Crippen LogP contribution < -0.4 is 10.6 Å². The number of nitro groups is 1. The molecule has 0 saturated heterocycles. The summed E-state index contributed by atoms with van der Waals surface area (Å²) in [6.45, 7) is 1.96. The van der Waals surface area contributed by atoms with Crippen LogP contribution in [0.15, 0.2) is 18.2 Å². The van der Waals surface area contributed by atoms with Crippen LogP contribution in [-0.2, 0) is 0 Å². The maximum Gasteiger partial charge on any atom is 0.293 e. The number of amides is 1. The molecule has 1 aliphatic rings. The second-order valence-corrected chi connectivity index (χ2v) is 5.29. The Bertz CT molecular complexity index is 526. The van der Waals surface area contributed by atoms with Gasteiger partial charge in [-0.05, 0) is 31.4 Å². The minimum Gasteiger partial charge on any atom is -0.383 e. The Morgan fingerprint density at radius 1 is 1.50 bits per heavy atom. The summed E-state index contributed by atoms with van der Waals surface area (Å²) in [7, 11) is 1.61. The van der Waals surface area contributed by atoms with Gasteiger partial charge >= 0.3 is 0 Å². The average Bonchev–Trinajstić information content (AvgIpc) is 3.21. The zero-order chi connectivity index (χ0) is 14.7. The van der Waals surface area contributed by atoms with E-state index in [1.165, 1.54) is 18.9 Å². The summed E-state index contributed by atoms with van der Waals surface area (Å²) in [5.41, 5.74) is 0.630. The Balaban J connectivity index is 2.08. The third kappa shape index (κ3) is 3.46. The largest absolute Gasteiger partial charge is 0.383 e. The van der Waals surface area contributed by atoms with E-state index >= 15 is 0 Å². The van der Waals surface area contributed by atoms with E-state index in [0.29, 0.717) is 11.3 Å². The molecule has 20 heavy (non-hydrogen) atoms. The smallest absolute Gasteiger partial charge is 0.293 e. The number of nitro benzene ring substituents is 1. The molecule has 1 amide bonds. The number of carbonyl (C=O) groups excluding carboxylic acids is 1. The van der Waals surface area contributed by atoms with Crippen LogP contribution in [0.1, 0.15) is 36.5 Å². The third-order valence-corrected chi connectivity index (χ3v) is 3.49. The molecule has 6 nitrogen and oxygen atoms in total. The van der Waals surface area contributed by atoms with E-state index in [0.717, 1.165) is 12.3 Å². The van der Waals surface area contributed by atoms with Gasteiger partial charge in [0.15, 0.2) is 0 Å². The van der Waals surface area contributed by atoms with Gasteiger partial charge < -0.3 is 10.6 Å². The van der Waals surface area contributed by atoms with Gasteiger partial charge in [-0.25, -0.2) is 0 Å². The molecule has 0 aromatic heterocycles. The summed E-state index contributed by atoms with van der Waals surface area (Å²) >= 11 is 0. The Kier molecular flexibility index (Phi) is 4.22. The van der Waals surface area contributed by atoms with Gasteiger partial charge in [-0.2, -0.15) is 0 Å². The van der Waals surface area contributed by atoms with E-state index < -0.39 is 4.92 Å². The topological polar surface area (TPSA) is 84.3 Å². The number of nitrogens with one attached hydrogen (secondary N) is 2. The van der Waals surface area contributed by atoms with Crippen LogP contribution in [-0.4, -0.2) is 23.9 Å². The third-order valence-electron chi connectivity index (χ3n) is 3.49. The molecule has 2 N–H and O–H groups in total. The summed E-state index contributed by atoms with van der Waals surface area (Å²) in [5, 5.41) is 16.6. The average molecular weight is 277 g/mol. The van der Waals surface area contributed by atoms with Crippen molar-refractivity contribution in [3.8, 4) is 0 Å². The van der Waals surface area contributed by atoms with E-state index in [1.807, 2.05) is 6.92 Å². The van der Waals surface area contributed by atoms with E-state index in [4.69, 9.17) is 0 Å². The van der Waals surface area contributed by atoms with Gasteiger partial charge in [0.1, 0.15) is 5.69 Å². The first-order valence-electron chi connectivity index (χ1n) is 6.78. The van der Waals surface area contributed by atoms with E-state index in [-0.39, 0.29) is 17.6 Å². The van der Waals surface area contributed by atoms with Crippen molar-refractivity contribution in [3.63, 3.8) is 0 Å². The highest BCUT2D eigenvalue weighted by Crippen LogP contribution is 2.33. The van der Waals surface area contributed by atoms with Crippen molar-refractivity contribution in [1.29, 1.82) is 0 Å². The molecule has 0 spiro atoms.